The lowest BCUT2D eigenvalue weighted by Gasteiger charge is -2.33. The number of guanidine groups is 1. The molecule has 0 saturated carbocycles. The number of halogens is 1. The molecule has 2 aromatic rings. The quantitative estimate of drug-likeness (QED) is 0.281. The van der Waals surface area contributed by atoms with Gasteiger partial charge in [-0.05, 0) is 55.9 Å². The van der Waals surface area contributed by atoms with Gasteiger partial charge in [0.05, 0.1) is 6.54 Å². The maximum absolute atomic E-state index is 5.94. The van der Waals surface area contributed by atoms with Gasteiger partial charge in [0.1, 0.15) is 5.82 Å². The lowest BCUT2D eigenvalue weighted by molar-refractivity contribution is 0.312. The van der Waals surface area contributed by atoms with Crippen LogP contribution in [0.25, 0.3) is 0 Å². The van der Waals surface area contributed by atoms with E-state index in [4.69, 9.17) is 16.6 Å². The van der Waals surface area contributed by atoms with Crippen LogP contribution < -0.4 is 15.5 Å². The summed E-state index contributed by atoms with van der Waals surface area (Å²) in [5.41, 5.74) is 1.17. The third-order valence-electron chi connectivity index (χ3n) is 4.88. The number of aromatic nitrogens is 1. The van der Waals surface area contributed by atoms with Gasteiger partial charge < -0.3 is 20.4 Å². The number of nitrogens with one attached hydrogen (secondary N) is 2. The Hall–Kier alpha value is -1.96. The Morgan fingerprint density at radius 1 is 1.13 bits per heavy atom. The van der Waals surface area contributed by atoms with Crippen molar-refractivity contribution in [3.05, 3.63) is 53.2 Å². The molecular formula is C22H31ClN6S. The van der Waals surface area contributed by atoms with E-state index in [1.54, 1.807) is 11.8 Å². The molecule has 1 aliphatic rings. The Balaban J connectivity index is 1.50. The van der Waals surface area contributed by atoms with Gasteiger partial charge in [-0.1, -0.05) is 11.6 Å². The van der Waals surface area contributed by atoms with Crippen LogP contribution in [0.3, 0.4) is 0 Å². The molecule has 162 valence electrons. The molecule has 1 aliphatic heterocycles. The summed E-state index contributed by atoms with van der Waals surface area (Å²) in [6, 6.07) is 12.2. The highest BCUT2D eigenvalue weighted by atomic mass is 35.5. The number of thioether (sulfide) groups is 1. The molecule has 0 spiro atoms. The van der Waals surface area contributed by atoms with Gasteiger partial charge in [0.25, 0.3) is 0 Å². The third-order valence-corrected chi connectivity index (χ3v) is 6.14. The van der Waals surface area contributed by atoms with Crippen molar-refractivity contribution < 1.29 is 0 Å². The number of nitrogens with zero attached hydrogens (tertiary/aromatic N) is 4. The van der Waals surface area contributed by atoms with Crippen LogP contribution in [0, 0.1) is 0 Å². The summed E-state index contributed by atoms with van der Waals surface area (Å²) in [5, 5.41) is 7.51. The summed E-state index contributed by atoms with van der Waals surface area (Å²) < 4.78 is 0. The van der Waals surface area contributed by atoms with Crippen molar-refractivity contribution in [2.24, 2.45) is 4.99 Å². The monoisotopic (exact) mass is 446 g/mol. The van der Waals surface area contributed by atoms with E-state index in [-0.39, 0.29) is 0 Å². The second-order valence-electron chi connectivity index (χ2n) is 7.24. The lowest BCUT2D eigenvalue weighted by atomic mass is 10.2. The normalized spacial score (nSPS) is 15.3. The summed E-state index contributed by atoms with van der Waals surface area (Å²) in [7, 11) is 2.17. The van der Waals surface area contributed by atoms with E-state index in [0.29, 0.717) is 6.54 Å². The Morgan fingerprint density at radius 2 is 1.90 bits per heavy atom. The number of piperazine rings is 1. The second kappa shape index (κ2) is 12.0. The van der Waals surface area contributed by atoms with E-state index in [1.165, 1.54) is 10.5 Å². The predicted octanol–water partition coefficient (Wildman–Crippen LogP) is 3.33. The molecule has 6 nitrogen and oxygen atoms in total. The SMILES string of the molecule is CCNC(=NCc1ccnc(N2CCN(C)CC2)c1)NCCSc1ccc(Cl)cc1. The maximum Gasteiger partial charge on any atom is 0.191 e. The average molecular weight is 447 g/mol. The van der Waals surface area contributed by atoms with Gasteiger partial charge in [0, 0.05) is 61.1 Å². The molecule has 1 fully saturated rings. The number of hydrogen-bond acceptors (Lipinski definition) is 5. The molecule has 2 N–H and O–H groups in total. The van der Waals surface area contributed by atoms with Crippen LogP contribution in [-0.2, 0) is 6.54 Å². The molecule has 8 heteroatoms. The first-order valence-electron chi connectivity index (χ1n) is 10.4. The highest BCUT2D eigenvalue weighted by molar-refractivity contribution is 7.99. The summed E-state index contributed by atoms with van der Waals surface area (Å²) in [6.07, 6.45) is 1.89. The molecule has 0 aliphatic carbocycles. The molecule has 0 atom stereocenters. The zero-order valence-electron chi connectivity index (χ0n) is 17.8. The molecule has 3 rings (SSSR count). The Bertz CT molecular complexity index is 806. The average Bonchev–Trinajstić information content (AvgIpc) is 2.77. The zero-order chi connectivity index (χ0) is 21.2. The van der Waals surface area contributed by atoms with Crippen LogP contribution in [0.2, 0.25) is 5.02 Å². The fourth-order valence-electron chi connectivity index (χ4n) is 3.15. The first-order valence-corrected chi connectivity index (χ1v) is 11.8. The van der Waals surface area contributed by atoms with Gasteiger partial charge in [-0.25, -0.2) is 9.98 Å². The van der Waals surface area contributed by atoms with E-state index in [9.17, 15) is 0 Å². The van der Waals surface area contributed by atoms with Gasteiger partial charge >= 0.3 is 0 Å². The fourth-order valence-corrected chi connectivity index (χ4v) is 4.04. The molecular weight excluding hydrogens is 416 g/mol. The minimum atomic E-state index is 0.628. The molecule has 30 heavy (non-hydrogen) atoms. The van der Waals surface area contributed by atoms with Crippen molar-refractivity contribution in [3.63, 3.8) is 0 Å². The first-order chi connectivity index (χ1) is 14.6. The van der Waals surface area contributed by atoms with E-state index in [2.05, 4.69) is 45.5 Å². The number of anilines is 1. The van der Waals surface area contributed by atoms with Crippen LogP contribution >= 0.6 is 23.4 Å². The Labute approximate surface area is 189 Å². The lowest BCUT2D eigenvalue weighted by Crippen LogP contribution is -2.44. The largest absolute Gasteiger partial charge is 0.357 e. The molecule has 1 aromatic carbocycles. The maximum atomic E-state index is 5.94. The Kier molecular flexibility index (Phi) is 9.11. The van der Waals surface area contributed by atoms with Gasteiger partial charge in [0.15, 0.2) is 5.96 Å². The van der Waals surface area contributed by atoms with Gasteiger partial charge in [-0.15, -0.1) is 11.8 Å². The van der Waals surface area contributed by atoms with Gasteiger partial charge in [-0.2, -0.15) is 0 Å². The van der Waals surface area contributed by atoms with Crippen LogP contribution in [0.4, 0.5) is 5.82 Å². The number of benzene rings is 1. The Morgan fingerprint density at radius 3 is 2.63 bits per heavy atom. The van der Waals surface area contributed by atoms with Crippen molar-refractivity contribution >= 4 is 35.1 Å². The van der Waals surface area contributed by atoms with Gasteiger partial charge in [0.2, 0.25) is 0 Å². The summed E-state index contributed by atoms with van der Waals surface area (Å²) >= 11 is 7.74. The molecule has 1 saturated heterocycles. The molecule has 1 aromatic heterocycles. The van der Waals surface area contributed by atoms with E-state index in [1.807, 2.05) is 36.5 Å². The summed E-state index contributed by atoms with van der Waals surface area (Å²) in [6.45, 7) is 8.57. The van der Waals surface area contributed by atoms with Crippen LogP contribution in [0.15, 0.2) is 52.5 Å². The number of pyridine rings is 1. The number of rotatable bonds is 8. The van der Waals surface area contributed by atoms with E-state index < -0.39 is 0 Å². The van der Waals surface area contributed by atoms with Crippen LogP contribution in [-0.4, -0.2) is 67.9 Å². The van der Waals surface area contributed by atoms with Gasteiger partial charge in [-0.3, -0.25) is 0 Å². The second-order valence-corrected chi connectivity index (χ2v) is 8.84. The number of aliphatic imine (C=N–C) groups is 1. The number of hydrogen-bond donors (Lipinski definition) is 2. The summed E-state index contributed by atoms with van der Waals surface area (Å²) in [4.78, 5) is 15.2. The minimum absolute atomic E-state index is 0.628. The van der Waals surface area contributed by atoms with Crippen LogP contribution in [0.5, 0.6) is 0 Å². The zero-order valence-corrected chi connectivity index (χ0v) is 19.3. The van der Waals surface area contributed by atoms with E-state index in [0.717, 1.165) is 61.8 Å². The summed E-state index contributed by atoms with van der Waals surface area (Å²) in [5.74, 6) is 2.84. The topological polar surface area (TPSA) is 55.8 Å². The molecule has 0 bridgehead atoms. The number of likely N-dealkylation sites (N-methyl/N-ethyl adjacent to an activating group) is 1. The van der Waals surface area contributed by atoms with Crippen molar-refractivity contribution in [2.45, 2.75) is 18.4 Å². The van der Waals surface area contributed by atoms with Crippen molar-refractivity contribution in [1.82, 2.24) is 20.5 Å². The van der Waals surface area contributed by atoms with E-state index >= 15 is 0 Å². The van der Waals surface area contributed by atoms with Crippen LogP contribution in [0.1, 0.15) is 12.5 Å². The minimum Gasteiger partial charge on any atom is -0.357 e. The first kappa shape index (κ1) is 22.7. The molecule has 0 unspecified atom stereocenters. The smallest absolute Gasteiger partial charge is 0.191 e. The van der Waals surface area contributed by atoms with Crippen molar-refractivity contribution in [3.8, 4) is 0 Å². The molecule has 2 heterocycles. The fraction of sp³-hybridized carbons (Fsp3) is 0.455. The third kappa shape index (κ3) is 7.38. The predicted molar refractivity (Wildman–Crippen MR) is 129 cm³/mol. The van der Waals surface area contributed by atoms with Crippen molar-refractivity contribution in [1.29, 1.82) is 0 Å². The standard InChI is InChI=1S/C22H31ClN6S/c1-3-24-22(26-10-15-30-20-6-4-19(23)5-7-20)27-17-18-8-9-25-21(16-18)29-13-11-28(2)12-14-29/h4-9,16H,3,10-15,17H2,1-2H3,(H2,24,26,27). The molecule has 0 amide bonds. The van der Waals surface area contributed by atoms with Crippen molar-refractivity contribution in [2.75, 3.05) is 57.0 Å². The highest BCUT2D eigenvalue weighted by Crippen LogP contribution is 2.19. The molecule has 0 radical (unpaired) electrons. The highest BCUT2D eigenvalue weighted by Gasteiger charge is 2.15.